The van der Waals surface area contributed by atoms with Crippen molar-refractivity contribution in [2.75, 3.05) is 7.05 Å². The number of unbranched alkanes of at least 4 members (excludes halogenated alkanes) is 3. The zero-order chi connectivity index (χ0) is 17.6. The van der Waals surface area contributed by atoms with Crippen LogP contribution in [0.25, 0.3) is 0 Å². The van der Waals surface area contributed by atoms with Crippen molar-refractivity contribution >= 4 is 0 Å². The van der Waals surface area contributed by atoms with E-state index in [2.05, 4.69) is 58.3 Å². The molecule has 0 aromatic heterocycles. The number of aryl methyl sites for hydroxylation is 1. The summed E-state index contributed by atoms with van der Waals surface area (Å²) in [5.74, 6) is 1.68. The fourth-order valence-corrected chi connectivity index (χ4v) is 4.51. The van der Waals surface area contributed by atoms with Gasteiger partial charge in [-0.05, 0) is 68.7 Å². The molecule has 0 spiro atoms. The second-order valence-electron chi connectivity index (χ2n) is 8.43. The third kappa shape index (κ3) is 4.85. The molecule has 1 fully saturated rings. The summed E-state index contributed by atoms with van der Waals surface area (Å²) in [5.41, 5.74) is 4.68. The van der Waals surface area contributed by atoms with Crippen LogP contribution in [0.15, 0.2) is 18.2 Å². The third-order valence-electron chi connectivity index (χ3n) is 6.37. The van der Waals surface area contributed by atoms with Crippen molar-refractivity contribution in [1.82, 2.24) is 5.32 Å². The lowest BCUT2D eigenvalue weighted by Gasteiger charge is -2.32. The van der Waals surface area contributed by atoms with Gasteiger partial charge in [0.05, 0.1) is 0 Å². The molecule has 24 heavy (non-hydrogen) atoms. The van der Waals surface area contributed by atoms with Gasteiger partial charge in [-0.3, -0.25) is 0 Å². The highest BCUT2D eigenvalue weighted by molar-refractivity contribution is 5.37. The van der Waals surface area contributed by atoms with Crippen LogP contribution in [0, 0.1) is 12.8 Å². The van der Waals surface area contributed by atoms with Crippen LogP contribution in [-0.2, 0) is 5.54 Å². The maximum atomic E-state index is 3.60. The maximum absolute atomic E-state index is 3.60. The Balaban J connectivity index is 2.11. The molecule has 0 amide bonds. The van der Waals surface area contributed by atoms with Gasteiger partial charge in [-0.1, -0.05) is 70.6 Å². The van der Waals surface area contributed by atoms with Crippen LogP contribution in [-0.4, -0.2) is 7.05 Å². The lowest BCUT2D eigenvalue weighted by Crippen LogP contribution is -2.36. The number of benzene rings is 1. The number of nitrogens with one attached hydrogen (secondary N) is 1. The molecule has 1 N–H and O–H groups in total. The molecule has 3 atom stereocenters. The Bertz CT molecular complexity index is 507. The first-order valence-corrected chi connectivity index (χ1v) is 10.3. The van der Waals surface area contributed by atoms with E-state index in [0.29, 0.717) is 0 Å². The average Bonchev–Trinajstić information content (AvgIpc) is 2.58. The molecule has 2 rings (SSSR count). The van der Waals surface area contributed by atoms with Crippen molar-refractivity contribution in [2.24, 2.45) is 5.92 Å². The quantitative estimate of drug-likeness (QED) is 0.524. The van der Waals surface area contributed by atoms with Crippen molar-refractivity contribution in [1.29, 1.82) is 0 Å². The van der Waals surface area contributed by atoms with E-state index in [0.717, 1.165) is 11.8 Å². The van der Waals surface area contributed by atoms with Gasteiger partial charge in [-0.15, -0.1) is 0 Å². The largest absolute Gasteiger partial charge is 0.311 e. The van der Waals surface area contributed by atoms with Gasteiger partial charge in [-0.2, -0.15) is 0 Å². The van der Waals surface area contributed by atoms with Crippen molar-refractivity contribution < 1.29 is 0 Å². The molecule has 1 saturated carbocycles. The third-order valence-corrected chi connectivity index (χ3v) is 6.37. The van der Waals surface area contributed by atoms with E-state index >= 15 is 0 Å². The van der Waals surface area contributed by atoms with Gasteiger partial charge in [0.1, 0.15) is 0 Å². The number of hydrogen-bond acceptors (Lipinski definition) is 1. The minimum Gasteiger partial charge on any atom is -0.311 e. The summed E-state index contributed by atoms with van der Waals surface area (Å²) >= 11 is 0. The lowest BCUT2D eigenvalue weighted by atomic mass is 9.76. The Hall–Kier alpha value is -0.820. The molecule has 136 valence electrons. The minimum absolute atomic E-state index is 0.108. The molecule has 1 aliphatic rings. The molecule has 1 nitrogen and oxygen atoms in total. The zero-order valence-corrected chi connectivity index (χ0v) is 16.8. The van der Waals surface area contributed by atoms with Gasteiger partial charge in [0.2, 0.25) is 0 Å². The molecule has 1 aromatic rings. The molecule has 0 saturated heterocycles. The predicted molar refractivity (Wildman–Crippen MR) is 107 cm³/mol. The van der Waals surface area contributed by atoms with Crippen LogP contribution in [0.1, 0.15) is 101 Å². The van der Waals surface area contributed by atoms with E-state index in [-0.39, 0.29) is 5.54 Å². The summed E-state index contributed by atoms with van der Waals surface area (Å²) in [6.45, 7) is 9.40. The van der Waals surface area contributed by atoms with Crippen LogP contribution in [0.4, 0.5) is 0 Å². The zero-order valence-electron chi connectivity index (χ0n) is 16.8. The van der Waals surface area contributed by atoms with E-state index in [1.807, 2.05) is 0 Å². The van der Waals surface area contributed by atoms with E-state index in [1.54, 1.807) is 5.56 Å². The normalized spacial score (nSPS) is 23.9. The molecular formula is C23H39N. The Morgan fingerprint density at radius 1 is 1.17 bits per heavy atom. The van der Waals surface area contributed by atoms with Gasteiger partial charge in [0.25, 0.3) is 0 Å². The topological polar surface area (TPSA) is 12.0 Å². The Morgan fingerprint density at radius 3 is 2.58 bits per heavy atom. The van der Waals surface area contributed by atoms with Crippen LogP contribution in [0.2, 0.25) is 0 Å². The predicted octanol–water partition coefficient (Wildman–Crippen LogP) is 6.69. The highest BCUT2D eigenvalue weighted by Crippen LogP contribution is 2.38. The lowest BCUT2D eigenvalue weighted by molar-refractivity contribution is 0.341. The van der Waals surface area contributed by atoms with Crippen LogP contribution in [0.3, 0.4) is 0 Å². The first kappa shape index (κ1) is 19.5. The molecule has 1 aromatic carbocycles. The standard InChI is InChI=1S/C23H39N/c1-6-7-8-9-15-23(4,24-5)21-13-14-22(19(3)17-21)20-12-10-11-18(2)16-20/h13-14,17-18,20,24H,6-12,15-16H2,1-5H3/t18?,20-,23?/m0/s1. The van der Waals surface area contributed by atoms with Gasteiger partial charge in [-0.25, -0.2) is 0 Å². The summed E-state index contributed by atoms with van der Waals surface area (Å²) in [6, 6.07) is 7.30. The SMILES string of the molecule is CCCCCCC(C)(NC)c1ccc([C@H]2CCCC(C)C2)c(C)c1. The van der Waals surface area contributed by atoms with Gasteiger partial charge in [0, 0.05) is 5.54 Å². The van der Waals surface area contributed by atoms with Crippen molar-refractivity contribution in [3.05, 3.63) is 34.9 Å². The van der Waals surface area contributed by atoms with Crippen LogP contribution < -0.4 is 5.32 Å². The Labute approximate surface area is 150 Å². The van der Waals surface area contributed by atoms with E-state index in [4.69, 9.17) is 0 Å². The molecule has 0 heterocycles. The summed E-state index contributed by atoms with van der Waals surface area (Å²) in [5, 5.41) is 3.60. The first-order valence-electron chi connectivity index (χ1n) is 10.3. The molecule has 1 aliphatic carbocycles. The van der Waals surface area contributed by atoms with E-state index < -0.39 is 0 Å². The van der Waals surface area contributed by atoms with E-state index in [1.165, 1.54) is 68.9 Å². The van der Waals surface area contributed by atoms with Crippen molar-refractivity contribution in [3.8, 4) is 0 Å². The molecule has 2 unspecified atom stereocenters. The molecule has 0 aliphatic heterocycles. The van der Waals surface area contributed by atoms with Crippen molar-refractivity contribution in [2.45, 2.75) is 96.9 Å². The molecule has 0 bridgehead atoms. The maximum Gasteiger partial charge on any atom is 0.0403 e. The van der Waals surface area contributed by atoms with Crippen molar-refractivity contribution in [3.63, 3.8) is 0 Å². The van der Waals surface area contributed by atoms with E-state index in [9.17, 15) is 0 Å². The highest BCUT2D eigenvalue weighted by atomic mass is 14.9. The number of hydrogen-bond donors (Lipinski definition) is 1. The minimum atomic E-state index is 0.108. The second kappa shape index (κ2) is 9.04. The van der Waals surface area contributed by atoms with Gasteiger partial charge >= 0.3 is 0 Å². The second-order valence-corrected chi connectivity index (χ2v) is 8.43. The first-order chi connectivity index (χ1) is 11.5. The molecule has 1 heteroatoms. The van der Waals surface area contributed by atoms with Gasteiger partial charge < -0.3 is 5.32 Å². The van der Waals surface area contributed by atoms with Crippen LogP contribution >= 0.6 is 0 Å². The fraction of sp³-hybridized carbons (Fsp3) is 0.739. The monoisotopic (exact) mass is 329 g/mol. The summed E-state index contributed by atoms with van der Waals surface area (Å²) < 4.78 is 0. The summed E-state index contributed by atoms with van der Waals surface area (Å²) in [4.78, 5) is 0. The van der Waals surface area contributed by atoms with Crippen LogP contribution in [0.5, 0.6) is 0 Å². The number of rotatable bonds is 8. The fourth-order valence-electron chi connectivity index (χ4n) is 4.51. The summed E-state index contributed by atoms with van der Waals surface area (Å²) in [6.07, 6.45) is 12.1. The molecular weight excluding hydrogens is 290 g/mol. The Morgan fingerprint density at radius 2 is 1.96 bits per heavy atom. The summed E-state index contributed by atoms with van der Waals surface area (Å²) in [7, 11) is 2.12. The highest BCUT2D eigenvalue weighted by Gasteiger charge is 2.26. The Kier molecular flexibility index (Phi) is 7.34. The van der Waals surface area contributed by atoms with Gasteiger partial charge in [0.15, 0.2) is 0 Å². The average molecular weight is 330 g/mol. The molecule has 0 radical (unpaired) electrons. The smallest absolute Gasteiger partial charge is 0.0403 e.